The average molecular weight is 734 g/mol. The number of aliphatic hydroxyl groups excluding tert-OH is 1. The van der Waals surface area contributed by atoms with Gasteiger partial charge in [-0.25, -0.2) is 0 Å². The van der Waals surface area contributed by atoms with Gasteiger partial charge in [0.1, 0.15) is 0 Å². The van der Waals surface area contributed by atoms with Crippen molar-refractivity contribution in [3.8, 4) is 0 Å². The number of nitrogens with zero attached hydrogens (tertiary/aromatic N) is 2. The molecule has 2 amide bonds. The summed E-state index contributed by atoms with van der Waals surface area (Å²) in [5.74, 6) is -0.0236. The molecule has 2 aliphatic rings. The third-order valence-corrected chi connectivity index (χ3v) is 10.3. The van der Waals surface area contributed by atoms with Crippen LogP contribution < -0.4 is 16.4 Å². The number of aliphatic hydroxyl groups is 1. The van der Waals surface area contributed by atoms with Crippen molar-refractivity contribution in [1.82, 2.24) is 15.1 Å². The zero-order chi connectivity index (χ0) is 37.5. The Bertz CT molecular complexity index is 1750. The van der Waals surface area contributed by atoms with Crippen molar-refractivity contribution >= 4 is 23.2 Å². The number of nitrogen functional groups attached to an aromatic ring is 1. The molecule has 0 aliphatic carbocycles. The highest BCUT2D eigenvalue weighted by atomic mass is 16.7. The summed E-state index contributed by atoms with van der Waals surface area (Å²) in [5, 5.41) is 15.5. The van der Waals surface area contributed by atoms with Crippen LogP contribution in [0.15, 0.2) is 103 Å². The summed E-state index contributed by atoms with van der Waals surface area (Å²) in [6.45, 7) is 6.33. The van der Waals surface area contributed by atoms with Crippen molar-refractivity contribution in [1.29, 1.82) is 0 Å². The summed E-state index contributed by atoms with van der Waals surface area (Å²) in [7, 11) is 0. The summed E-state index contributed by atoms with van der Waals surface area (Å²) >= 11 is 0. The molecule has 4 aromatic rings. The molecule has 2 saturated heterocycles. The molecule has 10 heteroatoms. The number of carbonyl (C=O) groups is 2. The van der Waals surface area contributed by atoms with E-state index in [9.17, 15) is 14.7 Å². The molecule has 4 aromatic carbocycles. The number of anilines is 2. The Labute approximate surface area is 319 Å². The molecule has 2 aliphatic heterocycles. The van der Waals surface area contributed by atoms with Gasteiger partial charge in [-0.05, 0) is 47.2 Å². The first-order valence-corrected chi connectivity index (χ1v) is 19.4. The Morgan fingerprint density at radius 3 is 2.02 bits per heavy atom. The van der Waals surface area contributed by atoms with Crippen LogP contribution in [0.3, 0.4) is 0 Å². The average Bonchev–Trinajstić information content (AvgIpc) is 3.20. The fourth-order valence-electron chi connectivity index (χ4n) is 7.12. The van der Waals surface area contributed by atoms with Crippen molar-refractivity contribution in [2.24, 2.45) is 0 Å². The molecular formula is C44H55N5O5. The minimum Gasteiger partial charge on any atom is -0.397 e. The maximum Gasteiger partial charge on any atom is 0.224 e. The number of unbranched alkanes of at least 4 members (excludes halogenated alkanes) is 3. The van der Waals surface area contributed by atoms with Crippen molar-refractivity contribution < 1.29 is 24.2 Å². The van der Waals surface area contributed by atoms with Crippen LogP contribution in [0, 0.1) is 0 Å². The van der Waals surface area contributed by atoms with E-state index in [0.29, 0.717) is 30.8 Å². The number of hydrogen-bond acceptors (Lipinski definition) is 8. The van der Waals surface area contributed by atoms with E-state index in [4.69, 9.17) is 15.2 Å². The summed E-state index contributed by atoms with van der Waals surface area (Å²) in [4.78, 5) is 29.8. The van der Waals surface area contributed by atoms with E-state index in [-0.39, 0.29) is 30.6 Å². The number of hydrogen-bond donors (Lipinski definition) is 4. The van der Waals surface area contributed by atoms with E-state index in [2.05, 4.69) is 50.8 Å². The second-order valence-electron chi connectivity index (χ2n) is 14.5. The first-order chi connectivity index (χ1) is 26.4. The van der Waals surface area contributed by atoms with Gasteiger partial charge in [0.25, 0.3) is 0 Å². The van der Waals surface area contributed by atoms with Crippen LogP contribution in [0.5, 0.6) is 0 Å². The SMILES string of the molecule is Nc1ccccc1NC(=O)CCCCCCC(=O)NCc1ccc([C@H]2O[C@@H](CN3CCN(Cc4ccccc4)CC3)C[C@@H](c3ccc(CO)cc3)O2)cc1. The molecule has 0 radical (unpaired) electrons. The fraction of sp³-hybridized carbons (Fsp3) is 0.409. The number of piperazine rings is 1. The Hall–Kier alpha value is -4.58. The zero-order valence-corrected chi connectivity index (χ0v) is 31.2. The van der Waals surface area contributed by atoms with Gasteiger partial charge in [-0.3, -0.25) is 19.4 Å². The van der Waals surface area contributed by atoms with Crippen molar-refractivity contribution in [3.05, 3.63) is 131 Å². The van der Waals surface area contributed by atoms with Crippen LogP contribution in [0.4, 0.5) is 11.4 Å². The lowest BCUT2D eigenvalue weighted by molar-refractivity contribution is -0.253. The molecule has 10 nitrogen and oxygen atoms in total. The standard InChI is InChI=1S/C44H55N5O5/c45-39-12-8-9-13-40(39)47-43(52)15-7-2-1-6-14-42(51)46-29-33-16-22-37(23-17-33)44-53-38(28-41(54-44)36-20-18-35(32-50)19-21-36)31-49-26-24-48(25-27-49)30-34-10-4-3-5-11-34/h3-5,8-13,16-23,38,41,44,50H,1-2,6-7,14-15,24-32,45H2,(H,46,51)(H,47,52)/t38-,41+,44+/m1/s1. The molecule has 286 valence electrons. The number of para-hydroxylation sites is 2. The molecule has 2 fully saturated rings. The number of carbonyl (C=O) groups excluding carboxylic acids is 2. The van der Waals surface area contributed by atoms with Crippen LogP contribution in [0.1, 0.15) is 85.2 Å². The summed E-state index contributed by atoms with van der Waals surface area (Å²) in [6, 6.07) is 34.0. The lowest BCUT2D eigenvalue weighted by Crippen LogP contribution is -2.49. The number of nitrogens with one attached hydrogen (secondary N) is 2. The molecule has 3 atom stereocenters. The predicted octanol–water partition coefficient (Wildman–Crippen LogP) is 6.72. The second-order valence-corrected chi connectivity index (χ2v) is 14.5. The summed E-state index contributed by atoms with van der Waals surface area (Å²) < 4.78 is 13.2. The zero-order valence-electron chi connectivity index (χ0n) is 31.2. The van der Waals surface area contributed by atoms with Gasteiger partial charge in [0.15, 0.2) is 6.29 Å². The maximum atomic E-state index is 12.6. The molecule has 0 unspecified atom stereocenters. The van der Waals surface area contributed by atoms with Gasteiger partial charge < -0.3 is 30.9 Å². The quantitative estimate of drug-likeness (QED) is 0.0696. The third-order valence-electron chi connectivity index (χ3n) is 10.3. The van der Waals surface area contributed by atoms with Gasteiger partial charge in [0.05, 0.1) is 30.2 Å². The van der Waals surface area contributed by atoms with Gasteiger partial charge in [-0.15, -0.1) is 0 Å². The lowest BCUT2D eigenvalue weighted by atomic mass is 9.99. The number of ether oxygens (including phenoxy) is 2. The van der Waals surface area contributed by atoms with Crippen molar-refractivity contribution in [3.63, 3.8) is 0 Å². The third kappa shape index (κ3) is 12.0. The highest BCUT2D eigenvalue weighted by molar-refractivity contribution is 5.93. The van der Waals surface area contributed by atoms with Gasteiger partial charge in [-0.1, -0.05) is 104 Å². The predicted molar refractivity (Wildman–Crippen MR) is 212 cm³/mol. The molecule has 0 bridgehead atoms. The lowest BCUT2D eigenvalue weighted by Gasteiger charge is -2.40. The molecule has 0 spiro atoms. The molecule has 6 rings (SSSR count). The Kier molecular flexibility index (Phi) is 14.6. The van der Waals surface area contributed by atoms with Crippen LogP contribution in [0.25, 0.3) is 0 Å². The van der Waals surface area contributed by atoms with Gasteiger partial charge in [0.2, 0.25) is 11.8 Å². The Morgan fingerprint density at radius 1 is 0.685 bits per heavy atom. The Balaban J connectivity index is 0.944. The first kappa shape index (κ1) is 39.1. The second kappa shape index (κ2) is 20.2. The molecule has 54 heavy (non-hydrogen) atoms. The number of rotatable bonds is 17. The Morgan fingerprint density at radius 2 is 1.31 bits per heavy atom. The van der Waals surface area contributed by atoms with Crippen LogP contribution in [-0.2, 0) is 38.8 Å². The smallest absolute Gasteiger partial charge is 0.224 e. The molecule has 0 aromatic heterocycles. The van der Waals surface area contributed by atoms with Crippen LogP contribution in [-0.4, -0.2) is 65.5 Å². The highest BCUT2D eigenvalue weighted by Crippen LogP contribution is 2.38. The topological polar surface area (TPSA) is 129 Å². The van der Waals surface area contributed by atoms with Gasteiger partial charge >= 0.3 is 0 Å². The largest absolute Gasteiger partial charge is 0.397 e. The van der Waals surface area contributed by atoms with E-state index in [1.54, 1.807) is 12.1 Å². The monoisotopic (exact) mass is 733 g/mol. The number of benzene rings is 4. The van der Waals surface area contributed by atoms with Crippen LogP contribution >= 0.6 is 0 Å². The van der Waals surface area contributed by atoms with E-state index in [0.717, 1.165) is 93.6 Å². The van der Waals surface area contributed by atoms with Gasteiger partial charge in [0, 0.05) is 70.6 Å². The van der Waals surface area contributed by atoms with E-state index in [1.165, 1.54) is 5.56 Å². The van der Waals surface area contributed by atoms with Crippen LogP contribution in [0.2, 0.25) is 0 Å². The minimum atomic E-state index is -0.517. The fourth-order valence-corrected chi connectivity index (χ4v) is 7.12. The van der Waals surface area contributed by atoms with E-state index >= 15 is 0 Å². The molecule has 2 heterocycles. The van der Waals surface area contributed by atoms with Crippen molar-refractivity contribution in [2.45, 2.75) is 83.1 Å². The summed E-state index contributed by atoms with van der Waals surface area (Å²) in [6.07, 6.45) is 4.31. The first-order valence-electron chi connectivity index (χ1n) is 19.4. The van der Waals surface area contributed by atoms with Crippen molar-refractivity contribution in [2.75, 3.05) is 43.8 Å². The van der Waals surface area contributed by atoms with Gasteiger partial charge in [-0.2, -0.15) is 0 Å². The van der Waals surface area contributed by atoms with E-state index < -0.39 is 6.29 Å². The normalized spacial score (nSPS) is 19.3. The minimum absolute atomic E-state index is 0.00304. The molecule has 0 saturated carbocycles. The maximum absolute atomic E-state index is 12.6. The highest BCUT2D eigenvalue weighted by Gasteiger charge is 2.33. The summed E-state index contributed by atoms with van der Waals surface area (Å²) in [5.41, 5.74) is 12.4. The molecule has 5 N–H and O–H groups in total. The number of amides is 2. The van der Waals surface area contributed by atoms with E-state index in [1.807, 2.05) is 60.7 Å². The number of nitrogens with two attached hydrogens (primary N) is 1. The molecular weight excluding hydrogens is 679 g/mol.